The van der Waals surface area contributed by atoms with Crippen LogP contribution in [0.5, 0.6) is 0 Å². The number of aryl methyl sites for hydroxylation is 2. The lowest BCUT2D eigenvalue weighted by molar-refractivity contribution is 0.102. The number of pyridine rings is 1. The van der Waals surface area contributed by atoms with Crippen LogP contribution in [0.2, 0.25) is 0 Å². The van der Waals surface area contributed by atoms with Gasteiger partial charge in [-0.2, -0.15) is 0 Å². The first kappa shape index (κ1) is 12.1. The summed E-state index contributed by atoms with van der Waals surface area (Å²) in [4.78, 5) is 15.9. The van der Waals surface area contributed by atoms with Gasteiger partial charge < -0.3 is 11.1 Å². The van der Waals surface area contributed by atoms with E-state index in [0.717, 1.165) is 11.3 Å². The molecule has 4 nitrogen and oxygen atoms in total. The maximum absolute atomic E-state index is 12.0. The topological polar surface area (TPSA) is 68.0 Å². The summed E-state index contributed by atoms with van der Waals surface area (Å²) in [7, 11) is 0. The van der Waals surface area contributed by atoms with E-state index in [0.29, 0.717) is 11.4 Å². The van der Waals surface area contributed by atoms with Crippen molar-refractivity contribution in [2.45, 2.75) is 13.8 Å². The van der Waals surface area contributed by atoms with Gasteiger partial charge in [-0.3, -0.25) is 4.79 Å². The molecule has 0 aliphatic carbocycles. The van der Waals surface area contributed by atoms with Crippen molar-refractivity contribution < 1.29 is 4.79 Å². The van der Waals surface area contributed by atoms with Crippen molar-refractivity contribution in [3.63, 3.8) is 0 Å². The highest BCUT2D eigenvalue weighted by atomic mass is 16.1. The van der Waals surface area contributed by atoms with Crippen molar-refractivity contribution >= 4 is 17.4 Å². The second kappa shape index (κ2) is 4.87. The Morgan fingerprint density at radius 1 is 1.22 bits per heavy atom. The zero-order valence-electron chi connectivity index (χ0n) is 10.4. The number of amides is 1. The van der Waals surface area contributed by atoms with E-state index in [2.05, 4.69) is 10.3 Å². The largest absolute Gasteiger partial charge is 0.384 e. The Kier molecular flexibility index (Phi) is 3.28. The van der Waals surface area contributed by atoms with E-state index in [1.165, 1.54) is 11.8 Å². The Labute approximate surface area is 106 Å². The molecule has 1 aromatic carbocycles. The Balaban J connectivity index is 2.18. The van der Waals surface area contributed by atoms with Gasteiger partial charge in [0.15, 0.2) is 0 Å². The second-order valence-corrected chi connectivity index (χ2v) is 4.24. The summed E-state index contributed by atoms with van der Waals surface area (Å²) in [5.74, 6) is 0.215. The van der Waals surface area contributed by atoms with Crippen molar-refractivity contribution in [2.24, 2.45) is 0 Å². The Hall–Kier alpha value is -2.36. The summed E-state index contributed by atoms with van der Waals surface area (Å²) in [6, 6.07) is 9.14. The molecule has 4 heteroatoms. The zero-order chi connectivity index (χ0) is 13.1. The van der Waals surface area contributed by atoms with E-state index in [-0.39, 0.29) is 5.91 Å². The third-order valence-corrected chi connectivity index (χ3v) is 2.68. The quantitative estimate of drug-likeness (QED) is 0.849. The fourth-order valence-corrected chi connectivity index (χ4v) is 1.69. The molecule has 1 aromatic heterocycles. The van der Waals surface area contributed by atoms with Gasteiger partial charge in [-0.15, -0.1) is 0 Å². The van der Waals surface area contributed by atoms with E-state index in [1.54, 1.807) is 12.1 Å². The Morgan fingerprint density at radius 2 is 2.00 bits per heavy atom. The van der Waals surface area contributed by atoms with Crippen LogP contribution in [-0.4, -0.2) is 10.9 Å². The molecule has 0 saturated carbocycles. The molecule has 0 unspecified atom stereocenters. The van der Waals surface area contributed by atoms with E-state index in [9.17, 15) is 4.79 Å². The van der Waals surface area contributed by atoms with Crippen LogP contribution in [-0.2, 0) is 0 Å². The molecule has 0 aliphatic heterocycles. The highest BCUT2D eigenvalue weighted by molar-refractivity contribution is 6.04. The number of carbonyl (C=O) groups excluding carboxylic acids is 1. The number of nitrogen functional groups attached to an aromatic ring is 1. The molecule has 2 rings (SSSR count). The van der Waals surface area contributed by atoms with E-state index in [1.807, 2.05) is 32.0 Å². The minimum Gasteiger partial charge on any atom is -0.384 e. The van der Waals surface area contributed by atoms with Gasteiger partial charge in [0.25, 0.3) is 5.91 Å². The number of nitrogens with zero attached hydrogens (tertiary/aromatic N) is 1. The maximum Gasteiger partial charge on any atom is 0.257 e. The molecule has 92 valence electrons. The molecule has 0 fully saturated rings. The van der Waals surface area contributed by atoms with Crippen LogP contribution in [0.1, 0.15) is 21.5 Å². The average molecular weight is 241 g/mol. The summed E-state index contributed by atoms with van der Waals surface area (Å²) in [5.41, 5.74) is 8.98. The van der Waals surface area contributed by atoms with Crippen LogP contribution in [0.15, 0.2) is 36.5 Å². The summed E-state index contributed by atoms with van der Waals surface area (Å²) >= 11 is 0. The van der Waals surface area contributed by atoms with Crippen LogP contribution in [0, 0.1) is 13.8 Å². The lowest BCUT2D eigenvalue weighted by Gasteiger charge is -2.09. The molecule has 18 heavy (non-hydrogen) atoms. The van der Waals surface area contributed by atoms with Gasteiger partial charge >= 0.3 is 0 Å². The second-order valence-electron chi connectivity index (χ2n) is 4.24. The predicted octanol–water partition coefficient (Wildman–Crippen LogP) is 2.53. The van der Waals surface area contributed by atoms with Gasteiger partial charge in [-0.1, -0.05) is 17.7 Å². The predicted molar refractivity (Wildman–Crippen MR) is 72.5 cm³/mol. The average Bonchev–Trinajstić information content (AvgIpc) is 2.33. The number of benzene rings is 1. The fraction of sp³-hybridized carbons (Fsp3) is 0.143. The number of hydrogen-bond acceptors (Lipinski definition) is 3. The van der Waals surface area contributed by atoms with Crippen LogP contribution in [0.4, 0.5) is 11.5 Å². The van der Waals surface area contributed by atoms with Crippen molar-refractivity contribution in [3.8, 4) is 0 Å². The smallest absolute Gasteiger partial charge is 0.257 e. The molecule has 3 N–H and O–H groups in total. The lowest BCUT2D eigenvalue weighted by Crippen LogP contribution is -2.13. The fourth-order valence-electron chi connectivity index (χ4n) is 1.69. The monoisotopic (exact) mass is 241 g/mol. The first-order valence-electron chi connectivity index (χ1n) is 5.66. The first-order valence-corrected chi connectivity index (χ1v) is 5.66. The lowest BCUT2D eigenvalue weighted by atomic mass is 10.1. The van der Waals surface area contributed by atoms with E-state index in [4.69, 9.17) is 5.73 Å². The maximum atomic E-state index is 12.0. The number of nitrogens with two attached hydrogens (primary N) is 1. The normalized spacial score (nSPS) is 10.1. The van der Waals surface area contributed by atoms with Crippen molar-refractivity contribution in [2.75, 3.05) is 11.1 Å². The number of carbonyl (C=O) groups is 1. The standard InChI is InChI=1S/C14H15N3O/c1-9-3-5-12(10(2)7-9)17-14(18)11-4-6-13(15)16-8-11/h3-8H,1-2H3,(H2,15,16)(H,17,18). The number of anilines is 2. The molecular weight excluding hydrogens is 226 g/mol. The number of hydrogen-bond donors (Lipinski definition) is 2. The molecule has 0 saturated heterocycles. The van der Waals surface area contributed by atoms with Crippen LogP contribution in [0.25, 0.3) is 0 Å². The van der Waals surface area contributed by atoms with Crippen molar-refractivity contribution in [3.05, 3.63) is 53.2 Å². The number of rotatable bonds is 2. The highest BCUT2D eigenvalue weighted by Gasteiger charge is 2.07. The zero-order valence-corrected chi connectivity index (χ0v) is 10.4. The SMILES string of the molecule is Cc1ccc(NC(=O)c2ccc(N)nc2)c(C)c1. The highest BCUT2D eigenvalue weighted by Crippen LogP contribution is 2.17. The number of aromatic nitrogens is 1. The third kappa shape index (κ3) is 2.66. The van der Waals surface area contributed by atoms with Crippen LogP contribution in [0.3, 0.4) is 0 Å². The minimum absolute atomic E-state index is 0.186. The van der Waals surface area contributed by atoms with E-state index >= 15 is 0 Å². The summed E-state index contributed by atoms with van der Waals surface area (Å²) in [6.07, 6.45) is 1.47. The molecule has 1 amide bonds. The van der Waals surface area contributed by atoms with Crippen LogP contribution >= 0.6 is 0 Å². The summed E-state index contributed by atoms with van der Waals surface area (Å²) in [5, 5.41) is 2.85. The van der Waals surface area contributed by atoms with Crippen molar-refractivity contribution in [1.82, 2.24) is 4.98 Å². The molecule has 0 bridgehead atoms. The van der Waals surface area contributed by atoms with Gasteiger partial charge in [0.2, 0.25) is 0 Å². The van der Waals surface area contributed by atoms with Crippen molar-refractivity contribution in [1.29, 1.82) is 0 Å². The molecule has 0 radical (unpaired) electrons. The first-order chi connectivity index (χ1) is 8.56. The van der Waals surface area contributed by atoms with Gasteiger partial charge in [0.1, 0.15) is 5.82 Å². The van der Waals surface area contributed by atoms with Crippen LogP contribution < -0.4 is 11.1 Å². The Bertz CT molecular complexity index is 576. The molecule has 0 spiro atoms. The van der Waals surface area contributed by atoms with Gasteiger partial charge in [-0.05, 0) is 37.6 Å². The van der Waals surface area contributed by atoms with Gasteiger partial charge in [0, 0.05) is 11.9 Å². The molecule has 0 aliphatic rings. The molecule has 0 atom stereocenters. The van der Waals surface area contributed by atoms with Gasteiger partial charge in [0.05, 0.1) is 5.56 Å². The van der Waals surface area contributed by atoms with E-state index < -0.39 is 0 Å². The molecular formula is C14H15N3O. The molecule has 1 heterocycles. The van der Waals surface area contributed by atoms with Gasteiger partial charge in [-0.25, -0.2) is 4.98 Å². The minimum atomic E-state index is -0.186. The Morgan fingerprint density at radius 3 is 2.61 bits per heavy atom. The summed E-state index contributed by atoms with van der Waals surface area (Å²) in [6.45, 7) is 3.98. The molecule has 2 aromatic rings. The summed E-state index contributed by atoms with van der Waals surface area (Å²) < 4.78 is 0. The third-order valence-electron chi connectivity index (χ3n) is 2.68. The number of nitrogens with one attached hydrogen (secondary N) is 1.